The Hall–Kier alpha value is -4.99. The van der Waals surface area contributed by atoms with E-state index >= 15 is 0 Å². The van der Waals surface area contributed by atoms with Crippen molar-refractivity contribution in [2.24, 2.45) is 21.6 Å². The maximum atomic E-state index is 14.9. The molecule has 1 aliphatic carbocycles. The van der Waals surface area contributed by atoms with Crippen molar-refractivity contribution in [3.63, 3.8) is 0 Å². The van der Waals surface area contributed by atoms with Gasteiger partial charge in [0.1, 0.15) is 12.9 Å². The average molecular weight is 745 g/mol. The van der Waals surface area contributed by atoms with Gasteiger partial charge in [-0.15, -0.1) is 0 Å². The third kappa shape index (κ3) is 7.07. The molecule has 0 spiro atoms. The number of aliphatic imine (C=N–C) groups is 1. The summed E-state index contributed by atoms with van der Waals surface area (Å²) in [7, 11) is 0. The highest BCUT2D eigenvalue weighted by atomic mass is 35.5. The molecule has 11 nitrogen and oxygen atoms in total. The second-order valence-electron chi connectivity index (χ2n) is 14.1. The van der Waals surface area contributed by atoms with E-state index < -0.39 is 60.0 Å². The summed E-state index contributed by atoms with van der Waals surface area (Å²) < 4.78 is 74.5. The molecule has 2 aromatic carbocycles. The Kier molecular flexibility index (Phi) is 9.57. The second kappa shape index (κ2) is 13.5. The number of carbonyl (C=O) groups excluding carboxylic acids is 2. The van der Waals surface area contributed by atoms with Crippen molar-refractivity contribution in [2.75, 3.05) is 6.61 Å². The topological polar surface area (TPSA) is 141 Å². The fourth-order valence-corrected chi connectivity index (χ4v) is 6.66. The van der Waals surface area contributed by atoms with Crippen molar-refractivity contribution in [3.8, 4) is 22.8 Å². The second-order valence-corrected chi connectivity index (χ2v) is 14.5. The molecule has 3 heterocycles. The Morgan fingerprint density at radius 1 is 1.04 bits per heavy atom. The SMILES string of the molecule is CC(C)(C)C[C@]1(c2ccc(-c3ncccn3)cc2)N=C(N)N([C@H](COC(=O)CC2(C(F)(F)F)CC2)c2ccc(Cl)c(-c3ncnn3C(F)F)c2)C1=O. The lowest BCUT2D eigenvalue weighted by atomic mass is 9.75. The van der Waals surface area contributed by atoms with E-state index in [2.05, 4.69) is 20.1 Å². The van der Waals surface area contributed by atoms with Crippen LogP contribution < -0.4 is 5.73 Å². The number of halogens is 6. The molecule has 52 heavy (non-hydrogen) atoms. The zero-order valence-corrected chi connectivity index (χ0v) is 29.0. The minimum atomic E-state index is -4.60. The van der Waals surface area contributed by atoms with Gasteiger partial charge in [-0.1, -0.05) is 62.7 Å². The molecule has 2 aliphatic rings. The number of esters is 1. The maximum absolute atomic E-state index is 14.9. The minimum absolute atomic E-state index is 0.00382. The Labute approximate surface area is 300 Å². The molecule has 1 fully saturated rings. The van der Waals surface area contributed by atoms with Crippen LogP contribution in [0.5, 0.6) is 0 Å². The Morgan fingerprint density at radius 2 is 1.71 bits per heavy atom. The number of alkyl halides is 5. The van der Waals surface area contributed by atoms with Crippen LogP contribution >= 0.6 is 11.6 Å². The van der Waals surface area contributed by atoms with Crippen LogP contribution in [0.25, 0.3) is 22.8 Å². The van der Waals surface area contributed by atoms with Crippen LogP contribution in [0.2, 0.25) is 5.02 Å². The van der Waals surface area contributed by atoms with E-state index in [1.54, 1.807) is 42.7 Å². The zero-order valence-electron chi connectivity index (χ0n) is 28.2. The van der Waals surface area contributed by atoms with Gasteiger partial charge in [0.2, 0.25) is 0 Å². The Morgan fingerprint density at radius 3 is 2.31 bits per heavy atom. The molecule has 4 aromatic rings. The van der Waals surface area contributed by atoms with E-state index in [9.17, 15) is 31.5 Å². The Bertz CT molecular complexity index is 2000. The summed E-state index contributed by atoms with van der Waals surface area (Å²) in [6.07, 6.45) is -1.65. The molecule has 2 N–H and O–H groups in total. The summed E-state index contributed by atoms with van der Waals surface area (Å²) in [6, 6.07) is 11.5. The quantitative estimate of drug-likeness (QED) is 0.125. The molecule has 1 saturated carbocycles. The first-order valence-electron chi connectivity index (χ1n) is 16.2. The first kappa shape index (κ1) is 36.8. The van der Waals surface area contributed by atoms with Crippen molar-refractivity contribution in [1.82, 2.24) is 29.6 Å². The molecule has 17 heteroatoms. The molecule has 6 rings (SSSR count). The molecule has 0 radical (unpaired) electrons. The van der Waals surface area contributed by atoms with Crippen molar-refractivity contribution >= 4 is 29.4 Å². The van der Waals surface area contributed by atoms with Crippen molar-refractivity contribution in [3.05, 3.63) is 83.4 Å². The van der Waals surface area contributed by atoms with E-state index in [-0.39, 0.29) is 47.2 Å². The average Bonchev–Trinajstić information content (AvgIpc) is 3.63. The number of guanidine groups is 1. The largest absolute Gasteiger partial charge is 0.463 e. The summed E-state index contributed by atoms with van der Waals surface area (Å²) in [5.74, 6) is -1.83. The van der Waals surface area contributed by atoms with Crippen LogP contribution in [-0.4, -0.2) is 60.3 Å². The Balaban J connectivity index is 1.41. The summed E-state index contributed by atoms with van der Waals surface area (Å²) in [5, 5.41) is 3.57. The fraction of sp³-hybridized carbons (Fsp3) is 0.400. The molecule has 0 bridgehead atoms. The van der Waals surface area contributed by atoms with Crippen LogP contribution in [0, 0.1) is 10.8 Å². The highest BCUT2D eigenvalue weighted by Crippen LogP contribution is 2.60. The van der Waals surface area contributed by atoms with Crippen LogP contribution in [0.4, 0.5) is 22.0 Å². The predicted octanol–water partition coefficient (Wildman–Crippen LogP) is 7.26. The first-order valence-corrected chi connectivity index (χ1v) is 16.6. The monoisotopic (exact) mass is 744 g/mol. The third-order valence-corrected chi connectivity index (χ3v) is 9.45. The van der Waals surface area contributed by atoms with E-state index in [1.165, 1.54) is 18.2 Å². The van der Waals surface area contributed by atoms with Gasteiger partial charge in [-0.25, -0.2) is 19.9 Å². The summed E-state index contributed by atoms with van der Waals surface area (Å²) in [5.41, 5.74) is 3.66. The smallest absolute Gasteiger partial charge is 0.395 e. The number of hydrogen-bond donors (Lipinski definition) is 1. The molecule has 2 atom stereocenters. The predicted molar refractivity (Wildman–Crippen MR) is 179 cm³/mol. The number of carbonyl (C=O) groups is 2. The highest BCUT2D eigenvalue weighted by Gasteiger charge is 2.64. The first-order chi connectivity index (χ1) is 24.4. The van der Waals surface area contributed by atoms with Crippen LogP contribution in [0.3, 0.4) is 0 Å². The lowest BCUT2D eigenvalue weighted by Gasteiger charge is -2.35. The minimum Gasteiger partial charge on any atom is -0.463 e. The maximum Gasteiger partial charge on any atom is 0.395 e. The van der Waals surface area contributed by atoms with Crippen LogP contribution in [0.15, 0.2) is 72.2 Å². The fourth-order valence-electron chi connectivity index (χ4n) is 6.46. The van der Waals surface area contributed by atoms with E-state index in [1.807, 2.05) is 20.8 Å². The molecule has 0 saturated heterocycles. The normalized spacial score (nSPS) is 19.2. The summed E-state index contributed by atoms with van der Waals surface area (Å²) in [6.45, 7) is 2.04. The van der Waals surface area contributed by atoms with Gasteiger partial charge in [0, 0.05) is 23.5 Å². The molecule has 274 valence electrons. The number of hydrogen-bond acceptors (Lipinski definition) is 9. The summed E-state index contributed by atoms with van der Waals surface area (Å²) >= 11 is 6.44. The van der Waals surface area contributed by atoms with Gasteiger partial charge in [0.15, 0.2) is 23.1 Å². The zero-order chi connectivity index (χ0) is 37.6. The van der Waals surface area contributed by atoms with E-state index in [0.29, 0.717) is 21.6 Å². The molecular formula is C35H34ClF5N8O3. The number of ether oxygens (including phenoxy) is 1. The molecule has 0 unspecified atom stereocenters. The van der Waals surface area contributed by atoms with Gasteiger partial charge in [-0.3, -0.25) is 14.5 Å². The van der Waals surface area contributed by atoms with Gasteiger partial charge in [0.25, 0.3) is 5.91 Å². The number of nitrogens with two attached hydrogens (primary N) is 1. The van der Waals surface area contributed by atoms with Crippen molar-refractivity contribution in [1.29, 1.82) is 0 Å². The van der Waals surface area contributed by atoms with Gasteiger partial charge in [-0.2, -0.15) is 31.7 Å². The molecular weight excluding hydrogens is 711 g/mol. The van der Waals surface area contributed by atoms with Gasteiger partial charge in [0.05, 0.1) is 22.9 Å². The lowest BCUT2D eigenvalue weighted by molar-refractivity contribution is -0.195. The highest BCUT2D eigenvalue weighted by molar-refractivity contribution is 6.33. The molecule has 2 aromatic heterocycles. The third-order valence-electron chi connectivity index (χ3n) is 9.12. The number of nitrogens with zero attached hydrogens (tertiary/aromatic N) is 7. The molecule has 1 amide bonds. The number of aromatic nitrogens is 5. The lowest BCUT2D eigenvalue weighted by Crippen LogP contribution is -2.47. The standard InChI is InChI=1S/C35H34ClF5N8O3/c1-32(2,3)18-34(22-8-5-20(6-9-22)27-43-13-4-14-44-27)29(51)48(31(42)47-34)25(17-52-26(50)16-33(11-12-33)35(39,40)41)21-7-10-24(36)23(15-21)28-45-19-46-49(28)30(37)38/h4-10,13-15,19,25,30H,11-12,16-18H2,1-3H3,(H2,42,47)/t25-,34-/m1/s1. The van der Waals surface area contributed by atoms with Gasteiger partial charge in [-0.05, 0) is 54.0 Å². The molecule has 1 aliphatic heterocycles. The van der Waals surface area contributed by atoms with Crippen LogP contribution in [0.1, 0.15) is 70.2 Å². The summed E-state index contributed by atoms with van der Waals surface area (Å²) in [4.78, 5) is 46.2. The number of amides is 1. The van der Waals surface area contributed by atoms with E-state index in [0.717, 1.165) is 11.2 Å². The van der Waals surface area contributed by atoms with Crippen LogP contribution in [-0.2, 0) is 19.9 Å². The number of rotatable bonds is 11. The van der Waals surface area contributed by atoms with Crippen molar-refractivity contribution < 1.29 is 36.3 Å². The number of benzene rings is 2. The van der Waals surface area contributed by atoms with Crippen molar-refractivity contribution in [2.45, 2.75) is 70.8 Å². The van der Waals surface area contributed by atoms with Gasteiger partial charge < -0.3 is 10.5 Å². The van der Waals surface area contributed by atoms with Gasteiger partial charge >= 0.3 is 18.7 Å². The van der Waals surface area contributed by atoms with E-state index in [4.69, 9.17) is 27.1 Å².